The molecule has 2 aliphatic carbocycles. The molecule has 2 saturated carbocycles. The third-order valence-electron chi connectivity index (χ3n) is 9.65. The maximum Gasteiger partial charge on any atom is 0.251 e. The number of carbonyl (C=O) groups excluding carboxylic acids is 3. The summed E-state index contributed by atoms with van der Waals surface area (Å²) in [6, 6.07) is 14.3. The van der Waals surface area contributed by atoms with E-state index in [4.69, 9.17) is 4.74 Å². The van der Waals surface area contributed by atoms with E-state index < -0.39 is 17.7 Å². The monoisotopic (exact) mass is 610 g/mol. The fourth-order valence-electron chi connectivity index (χ4n) is 7.07. The largest absolute Gasteiger partial charge is 0.457 e. The number of likely N-dealkylation sites (tertiary alicyclic amines) is 1. The van der Waals surface area contributed by atoms with Gasteiger partial charge < -0.3 is 25.4 Å². The zero-order valence-corrected chi connectivity index (χ0v) is 25.6. The van der Waals surface area contributed by atoms with Crippen molar-refractivity contribution < 1.29 is 24.2 Å². The minimum Gasteiger partial charge on any atom is -0.457 e. The Morgan fingerprint density at radius 3 is 2.16 bits per heavy atom. The fourth-order valence-corrected chi connectivity index (χ4v) is 7.07. The van der Waals surface area contributed by atoms with Crippen molar-refractivity contribution in [1.29, 1.82) is 0 Å². The van der Waals surface area contributed by atoms with Crippen molar-refractivity contribution in [3.8, 4) is 11.5 Å². The Labute approximate surface area is 259 Å². The molecule has 2 heterocycles. The van der Waals surface area contributed by atoms with E-state index in [0.29, 0.717) is 29.9 Å². The predicted molar refractivity (Wildman–Crippen MR) is 165 cm³/mol. The van der Waals surface area contributed by atoms with Gasteiger partial charge in [-0.25, -0.2) is 0 Å². The number of rotatable bonds is 8. The Hall–Kier alpha value is -3.14. The van der Waals surface area contributed by atoms with E-state index in [1.54, 1.807) is 31.3 Å². The molecule has 3 N–H and O–H groups in total. The van der Waals surface area contributed by atoms with Crippen molar-refractivity contribution in [2.45, 2.75) is 88.1 Å². The van der Waals surface area contributed by atoms with E-state index >= 15 is 0 Å². The van der Waals surface area contributed by atoms with Crippen LogP contribution < -0.4 is 15.4 Å². The molecule has 232 valence electrons. The number of carbonyl (C=O) groups is 3. The highest BCUT2D eigenvalue weighted by molar-refractivity contribution is 6.00. The molecule has 2 aromatic rings. The number of piperidine rings is 1. The van der Waals surface area contributed by atoms with Gasteiger partial charge in [0, 0.05) is 38.3 Å². The van der Waals surface area contributed by atoms with Gasteiger partial charge in [0.1, 0.15) is 23.1 Å². The van der Waals surface area contributed by atoms with E-state index in [-0.39, 0.29) is 42.1 Å². The molecule has 2 aromatic carbocycles. The van der Waals surface area contributed by atoms with E-state index in [1.807, 2.05) is 29.2 Å². The van der Waals surface area contributed by atoms with Crippen LogP contribution in [0.3, 0.4) is 0 Å². The Morgan fingerprint density at radius 1 is 0.977 bits per heavy atom. The van der Waals surface area contributed by atoms with Gasteiger partial charge >= 0.3 is 0 Å². The standard InChI is InChI=1S/C33H42N4O5.ClH/c1-34-30(39)24-9-15-27(16-10-24)42-26-13-7-22(8-14-26)21-36-19-17-33(18-20-36)32(41)35-28(31(40)37(33)25-11-12-25)29(38)23-5-3-2-4-6-23;/h7-10,13-16,23,25,28-29,38H,2-6,11-12,17-21H2,1H3,(H,34,39)(H,35,41);1H/t28-,29-;/m1./s1. The normalized spacial score (nSPS) is 23.3. The number of hydrogen-bond donors (Lipinski definition) is 3. The third-order valence-corrected chi connectivity index (χ3v) is 9.65. The fraction of sp³-hybridized carbons (Fsp3) is 0.545. The molecule has 4 aliphatic rings. The van der Waals surface area contributed by atoms with Crippen LogP contribution in [0.5, 0.6) is 11.5 Å². The Bertz CT molecular complexity index is 1290. The summed E-state index contributed by atoms with van der Waals surface area (Å²) in [5, 5.41) is 16.8. The first kappa shape index (κ1) is 31.3. The number of hydrogen-bond acceptors (Lipinski definition) is 6. The molecule has 2 aliphatic heterocycles. The van der Waals surface area contributed by atoms with Gasteiger partial charge in [-0.2, -0.15) is 0 Å². The molecule has 43 heavy (non-hydrogen) atoms. The lowest BCUT2D eigenvalue weighted by atomic mass is 9.78. The Balaban J connectivity index is 0.00000368. The highest BCUT2D eigenvalue weighted by atomic mass is 35.5. The summed E-state index contributed by atoms with van der Waals surface area (Å²) in [6.07, 6.45) is 7.42. The zero-order valence-electron chi connectivity index (χ0n) is 24.8. The number of halogens is 1. The van der Waals surface area contributed by atoms with Gasteiger partial charge in [0.15, 0.2) is 0 Å². The smallest absolute Gasteiger partial charge is 0.251 e. The van der Waals surface area contributed by atoms with Crippen LogP contribution in [0.15, 0.2) is 48.5 Å². The van der Waals surface area contributed by atoms with Crippen molar-refractivity contribution in [1.82, 2.24) is 20.4 Å². The van der Waals surface area contributed by atoms with Crippen LogP contribution in [0.4, 0.5) is 0 Å². The number of aliphatic hydroxyl groups is 1. The summed E-state index contributed by atoms with van der Waals surface area (Å²) >= 11 is 0. The molecule has 2 atom stereocenters. The van der Waals surface area contributed by atoms with Gasteiger partial charge in [-0.05, 0) is 86.4 Å². The van der Waals surface area contributed by atoms with Gasteiger partial charge in [-0.15, -0.1) is 12.4 Å². The molecule has 0 radical (unpaired) electrons. The molecular formula is C33H43ClN4O5. The van der Waals surface area contributed by atoms with Crippen molar-refractivity contribution in [2.24, 2.45) is 5.92 Å². The molecule has 0 bridgehead atoms. The van der Waals surface area contributed by atoms with E-state index in [9.17, 15) is 19.5 Å². The maximum absolute atomic E-state index is 13.8. The number of amides is 3. The quantitative estimate of drug-likeness (QED) is 0.416. The second-order valence-corrected chi connectivity index (χ2v) is 12.4. The molecule has 6 rings (SSSR count). The summed E-state index contributed by atoms with van der Waals surface area (Å²) in [6.45, 7) is 2.19. The molecule has 4 fully saturated rings. The molecule has 1 spiro atoms. The lowest BCUT2D eigenvalue weighted by Gasteiger charge is -2.53. The van der Waals surface area contributed by atoms with E-state index in [2.05, 4.69) is 15.5 Å². The first-order valence-corrected chi connectivity index (χ1v) is 15.5. The molecule has 9 nitrogen and oxygen atoms in total. The minimum absolute atomic E-state index is 0. The maximum atomic E-state index is 13.8. The first-order chi connectivity index (χ1) is 20.4. The number of aliphatic hydroxyl groups excluding tert-OH is 1. The topological polar surface area (TPSA) is 111 Å². The van der Waals surface area contributed by atoms with Crippen molar-refractivity contribution in [3.05, 3.63) is 59.7 Å². The number of nitrogens with one attached hydrogen (secondary N) is 2. The van der Waals surface area contributed by atoms with Crippen molar-refractivity contribution in [3.63, 3.8) is 0 Å². The van der Waals surface area contributed by atoms with E-state index in [0.717, 1.165) is 63.7 Å². The number of piperazine rings is 1. The minimum atomic E-state index is -0.820. The number of ether oxygens (including phenoxy) is 1. The molecule has 10 heteroatoms. The third kappa shape index (κ3) is 6.54. The van der Waals surface area contributed by atoms with Gasteiger partial charge in [-0.1, -0.05) is 31.4 Å². The highest BCUT2D eigenvalue weighted by Crippen LogP contribution is 2.42. The molecule has 0 aromatic heterocycles. The zero-order chi connectivity index (χ0) is 29.3. The van der Waals surface area contributed by atoms with Crippen LogP contribution in [-0.4, -0.2) is 76.5 Å². The average molecular weight is 611 g/mol. The predicted octanol–water partition coefficient (Wildman–Crippen LogP) is 4.03. The number of benzene rings is 2. The second kappa shape index (κ2) is 13.2. The summed E-state index contributed by atoms with van der Waals surface area (Å²) in [7, 11) is 1.60. The van der Waals surface area contributed by atoms with Gasteiger partial charge in [0.05, 0.1) is 6.10 Å². The van der Waals surface area contributed by atoms with Crippen LogP contribution >= 0.6 is 12.4 Å². The summed E-state index contributed by atoms with van der Waals surface area (Å²) in [5.74, 6) is 1.15. The van der Waals surface area contributed by atoms with Crippen LogP contribution in [0, 0.1) is 5.92 Å². The van der Waals surface area contributed by atoms with Crippen molar-refractivity contribution in [2.75, 3.05) is 20.1 Å². The summed E-state index contributed by atoms with van der Waals surface area (Å²) in [4.78, 5) is 43.5. The lowest BCUT2D eigenvalue weighted by Crippen LogP contribution is -2.75. The van der Waals surface area contributed by atoms with Gasteiger partial charge in [0.25, 0.3) is 5.91 Å². The average Bonchev–Trinajstić information content (AvgIpc) is 3.86. The second-order valence-electron chi connectivity index (χ2n) is 12.4. The molecule has 2 saturated heterocycles. The van der Waals surface area contributed by atoms with Crippen LogP contribution in [-0.2, 0) is 16.1 Å². The Morgan fingerprint density at radius 2 is 1.58 bits per heavy atom. The van der Waals surface area contributed by atoms with E-state index in [1.165, 1.54) is 6.42 Å². The molecule has 0 unspecified atom stereocenters. The van der Waals surface area contributed by atoms with Gasteiger partial charge in [-0.3, -0.25) is 19.3 Å². The number of nitrogens with zero attached hydrogens (tertiary/aromatic N) is 2. The highest BCUT2D eigenvalue weighted by Gasteiger charge is 2.59. The first-order valence-electron chi connectivity index (χ1n) is 15.5. The van der Waals surface area contributed by atoms with Crippen LogP contribution in [0.1, 0.15) is 73.7 Å². The van der Waals surface area contributed by atoms with Crippen molar-refractivity contribution >= 4 is 30.1 Å². The summed E-state index contributed by atoms with van der Waals surface area (Å²) < 4.78 is 5.95. The lowest BCUT2D eigenvalue weighted by molar-refractivity contribution is -0.166. The SMILES string of the molecule is CNC(=O)c1ccc(Oc2ccc(CN3CCC4(CC3)C(=O)N[C@H]([C@H](O)C3CCCCC3)C(=O)N4C3CC3)cc2)cc1.Cl. The van der Waals surface area contributed by atoms with Gasteiger partial charge in [0.2, 0.25) is 11.8 Å². The Kier molecular flexibility index (Phi) is 9.63. The van der Waals surface area contributed by atoms with Crippen LogP contribution in [0.2, 0.25) is 0 Å². The summed E-state index contributed by atoms with van der Waals surface area (Å²) in [5.41, 5.74) is 0.908. The van der Waals surface area contributed by atoms with Crippen LogP contribution in [0.25, 0.3) is 0 Å². The molecule has 3 amide bonds. The molecular weight excluding hydrogens is 568 g/mol.